The number of nitrogens with one attached hydrogen (secondary N) is 1. The lowest BCUT2D eigenvalue weighted by atomic mass is 10.0. The van der Waals surface area contributed by atoms with Crippen molar-refractivity contribution in [1.29, 1.82) is 0 Å². The molecule has 0 spiro atoms. The van der Waals surface area contributed by atoms with Gasteiger partial charge in [-0.3, -0.25) is 0 Å². The van der Waals surface area contributed by atoms with E-state index in [4.69, 9.17) is 0 Å². The lowest BCUT2D eigenvalue weighted by molar-refractivity contribution is 0.0699. The quantitative estimate of drug-likeness (QED) is 0.754. The summed E-state index contributed by atoms with van der Waals surface area (Å²) >= 11 is 0. The smallest absolute Gasteiger partial charge is 0.336 e. The van der Waals surface area contributed by atoms with Crippen LogP contribution >= 0.6 is 0 Å². The number of benzene rings is 2. The average molecular weight is 281 g/mol. The average Bonchev–Trinajstić information content (AvgIpc) is 3.00. The maximum absolute atomic E-state index is 11.3. The van der Waals surface area contributed by atoms with Gasteiger partial charge in [0.2, 0.25) is 0 Å². The minimum atomic E-state index is -0.906. The zero-order valence-corrected chi connectivity index (χ0v) is 11.4. The lowest BCUT2D eigenvalue weighted by Crippen LogP contribution is -2.10. The fourth-order valence-corrected chi connectivity index (χ4v) is 2.38. The Morgan fingerprint density at radius 3 is 2.71 bits per heavy atom. The molecule has 0 aliphatic rings. The van der Waals surface area contributed by atoms with Gasteiger partial charge in [0.15, 0.2) is 0 Å². The maximum Gasteiger partial charge on any atom is 0.336 e. The monoisotopic (exact) mass is 281 g/mol. The molecule has 106 valence electrons. The molecule has 0 fully saturated rings. The standard InChI is InChI=1S/C16H15N3O2/c20-16(21)14-5-6-15(13-4-2-1-3-12(13)14)18-8-10-19-9-7-17-11-19/h1-7,9,11,18H,8,10H2,(H,20,21). The van der Waals surface area contributed by atoms with Crippen LogP contribution in [0.3, 0.4) is 0 Å². The minimum absolute atomic E-state index is 0.325. The van der Waals surface area contributed by atoms with Gasteiger partial charge in [0, 0.05) is 36.6 Å². The number of carbonyl (C=O) groups is 1. The molecule has 5 nitrogen and oxygen atoms in total. The Morgan fingerprint density at radius 1 is 1.19 bits per heavy atom. The Bertz CT molecular complexity index is 766. The van der Waals surface area contributed by atoms with Gasteiger partial charge in [-0.25, -0.2) is 9.78 Å². The van der Waals surface area contributed by atoms with Gasteiger partial charge >= 0.3 is 5.97 Å². The number of anilines is 1. The fourth-order valence-electron chi connectivity index (χ4n) is 2.38. The molecule has 0 aliphatic heterocycles. The molecule has 5 heteroatoms. The third-order valence-corrected chi connectivity index (χ3v) is 3.40. The number of aromatic carboxylic acids is 1. The van der Waals surface area contributed by atoms with Gasteiger partial charge < -0.3 is 15.0 Å². The van der Waals surface area contributed by atoms with Crippen LogP contribution < -0.4 is 5.32 Å². The second kappa shape index (κ2) is 5.66. The highest BCUT2D eigenvalue weighted by molar-refractivity contribution is 6.07. The Labute approximate surface area is 121 Å². The lowest BCUT2D eigenvalue weighted by Gasteiger charge is -2.11. The summed E-state index contributed by atoms with van der Waals surface area (Å²) in [7, 11) is 0. The normalized spacial score (nSPS) is 10.7. The van der Waals surface area contributed by atoms with Crippen molar-refractivity contribution in [3.05, 3.63) is 60.7 Å². The van der Waals surface area contributed by atoms with Crippen molar-refractivity contribution in [3.8, 4) is 0 Å². The molecule has 0 amide bonds. The molecule has 0 saturated heterocycles. The Hall–Kier alpha value is -2.82. The molecule has 1 aromatic heterocycles. The highest BCUT2D eigenvalue weighted by atomic mass is 16.4. The molecule has 0 radical (unpaired) electrons. The molecule has 2 N–H and O–H groups in total. The third kappa shape index (κ3) is 2.72. The number of aromatic nitrogens is 2. The molecule has 0 atom stereocenters. The van der Waals surface area contributed by atoms with E-state index in [1.54, 1.807) is 18.6 Å². The number of nitrogens with zero attached hydrogens (tertiary/aromatic N) is 2. The van der Waals surface area contributed by atoms with E-state index in [9.17, 15) is 9.90 Å². The van der Waals surface area contributed by atoms with E-state index in [0.29, 0.717) is 5.56 Å². The Kier molecular flexibility index (Phi) is 3.55. The minimum Gasteiger partial charge on any atom is -0.478 e. The first kappa shape index (κ1) is 13.2. The molecule has 3 aromatic rings. The van der Waals surface area contributed by atoms with Crippen LogP contribution in [0.4, 0.5) is 5.69 Å². The first-order chi connectivity index (χ1) is 10.3. The zero-order chi connectivity index (χ0) is 14.7. The van der Waals surface area contributed by atoms with Crippen LogP contribution in [-0.4, -0.2) is 27.2 Å². The van der Waals surface area contributed by atoms with E-state index >= 15 is 0 Å². The second-order valence-electron chi connectivity index (χ2n) is 4.74. The third-order valence-electron chi connectivity index (χ3n) is 3.40. The number of hydrogen-bond acceptors (Lipinski definition) is 3. The summed E-state index contributed by atoms with van der Waals surface area (Å²) in [6.07, 6.45) is 5.43. The molecule has 2 aromatic carbocycles. The number of carboxylic acid groups (broad SMARTS) is 1. The van der Waals surface area contributed by atoms with Crippen LogP contribution in [0, 0.1) is 0 Å². The van der Waals surface area contributed by atoms with E-state index < -0.39 is 5.97 Å². The summed E-state index contributed by atoms with van der Waals surface area (Å²) in [5, 5.41) is 14.3. The Balaban J connectivity index is 1.85. The van der Waals surface area contributed by atoms with E-state index in [1.165, 1.54) is 0 Å². The molecule has 0 saturated carbocycles. The van der Waals surface area contributed by atoms with Crippen LogP contribution in [-0.2, 0) is 6.54 Å². The van der Waals surface area contributed by atoms with Crippen molar-refractivity contribution < 1.29 is 9.90 Å². The van der Waals surface area contributed by atoms with E-state index in [2.05, 4.69) is 10.3 Å². The predicted octanol–water partition coefficient (Wildman–Crippen LogP) is 2.85. The first-order valence-corrected chi connectivity index (χ1v) is 6.70. The van der Waals surface area contributed by atoms with Gasteiger partial charge in [0.05, 0.1) is 11.9 Å². The molecule has 1 heterocycles. The van der Waals surface area contributed by atoms with Gasteiger partial charge in [0.1, 0.15) is 0 Å². The number of carboxylic acids is 1. The van der Waals surface area contributed by atoms with Crippen LogP contribution in [0.1, 0.15) is 10.4 Å². The number of rotatable bonds is 5. The van der Waals surface area contributed by atoms with Gasteiger partial charge in [-0.2, -0.15) is 0 Å². The summed E-state index contributed by atoms with van der Waals surface area (Å²) < 4.78 is 1.99. The molecular formula is C16H15N3O2. The van der Waals surface area contributed by atoms with E-state index in [1.807, 2.05) is 41.1 Å². The molecule has 0 aliphatic carbocycles. The predicted molar refractivity (Wildman–Crippen MR) is 81.6 cm³/mol. The summed E-state index contributed by atoms with van der Waals surface area (Å²) in [6.45, 7) is 1.54. The second-order valence-corrected chi connectivity index (χ2v) is 4.74. The highest BCUT2D eigenvalue weighted by Crippen LogP contribution is 2.26. The van der Waals surface area contributed by atoms with Crippen molar-refractivity contribution in [2.24, 2.45) is 0 Å². The van der Waals surface area contributed by atoms with Crippen LogP contribution in [0.5, 0.6) is 0 Å². The topological polar surface area (TPSA) is 67.2 Å². The van der Waals surface area contributed by atoms with Crippen molar-refractivity contribution >= 4 is 22.4 Å². The van der Waals surface area contributed by atoms with Crippen LogP contribution in [0.2, 0.25) is 0 Å². The van der Waals surface area contributed by atoms with E-state index in [0.717, 1.165) is 29.5 Å². The molecule has 3 rings (SSSR count). The van der Waals surface area contributed by atoms with Crippen molar-refractivity contribution in [2.45, 2.75) is 6.54 Å². The van der Waals surface area contributed by atoms with Crippen molar-refractivity contribution in [2.75, 3.05) is 11.9 Å². The largest absolute Gasteiger partial charge is 0.478 e. The maximum atomic E-state index is 11.3. The summed E-state index contributed by atoms with van der Waals surface area (Å²) in [4.78, 5) is 15.3. The fraction of sp³-hybridized carbons (Fsp3) is 0.125. The van der Waals surface area contributed by atoms with E-state index in [-0.39, 0.29) is 0 Å². The molecule has 0 unspecified atom stereocenters. The highest BCUT2D eigenvalue weighted by Gasteiger charge is 2.10. The summed E-state index contributed by atoms with van der Waals surface area (Å²) in [5.74, 6) is -0.906. The van der Waals surface area contributed by atoms with Crippen molar-refractivity contribution in [1.82, 2.24) is 9.55 Å². The van der Waals surface area contributed by atoms with Gasteiger partial charge in [-0.05, 0) is 17.5 Å². The zero-order valence-electron chi connectivity index (χ0n) is 11.4. The first-order valence-electron chi connectivity index (χ1n) is 6.70. The summed E-state index contributed by atoms with van der Waals surface area (Å²) in [5.41, 5.74) is 1.27. The van der Waals surface area contributed by atoms with Gasteiger partial charge in [-0.1, -0.05) is 24.3 Å². The van der Waals surface area contributed by atoms with Gasteiger partial charge in [0.25, 0.3) is 0 Å². The number of hydrogen-bond donors (Lipinski definition) is 2. The van der Waals surface area contributed by atoms with Crippen LogP contribution in [0.25, 0.3) is 10.8 Å². The number of imidazole rings is 1. The summed E-state index contributed by atoms with van der Waals surface area (Å²) in [6, 6.07) is 11.0. The number of fused-ring (bicyclic) bond motifs is 1. The molecule has 21 heavy (non-hydrogen) atoms. The van der Waals surface area contributed by atoms with Crippen LogP contribution in [0.15, 0.2) is 55.1 Å². The van der Waals surface area contributed by atoms with Gasteiger partial charge in [-0.15, -0.1) is 0 Å². The Morgan fingerprint density at radius 2 is 2.00 bits per heavy atom. The molecule has 0 bridgehead atoms. The van der Waals surface area contributed by atoms with Crippen molar-refractivity contribution in [3.63, 3.8) is 0 Å². The SMILES string of the molecule is O=C(O)c1ccc(NCCn2ccnc2)c2ccccc12. The molecular weight excluding hydrogens is 266 g/mol.